The van der Waals surface area contributed by atoms with Gasteiger partial charge in [-0.2, -0.15) is 0 Å². The molecule has 0 radical (unpaired) electrons. The van der Waals surface area contributed by atoms with Gasteiger partial charge in [0.2, 0.25) is 0 Å². The van der Waals surface area contributed by atoms with Gasteiger partial charge in [0.05, 0.1) is 12.3 Å². The van der Waals surface area contributed by atoms with Crippen molar-refractivity contribution in [2.75, 3.05) is 19.6 Å². The minimum atomic E-state index is -0.291. The van der Waals surface area contributed by atoms with E-state index in [1.807, 2.05) is 24.5 Å². The number of carbonyl (C=O) groups excluding carboxylic acids is 1. The molecule has 0 amide bonds. The maximum Gasteiger partial charge on any atom is 0.139 e. The summed E-state index contributed by atoms with van der Waals surface area (Å²) in [6, 6.07) is 14.7. The van der Waals surface area contributed by atoms with Crippen molar-refractivity contribution < 1.29 is 4.79 Å². The van der Waals surface area contributed by atoms with E-state index in [9.17, 15) is 4.79 Å². The van der Waals surface area contributed by atoms with E-state index < -0.39 is 0 Å². The molecular formula is C26H29N3O. The van der Waals surface area contributed by atoms with Gasteiger partial charge in [-0.05, 0) is 60.6 Å². The molecule has 1 unspecified atom stereocenters. The van der Waals surface area contributed by atoms with Crippen LogP contribution in [0.15, 0.2) is 71.0 Å². The number of hydrogen-bond donors (Lipinski definition) is 1. The molecule has 2 aromatic rings. The van der Waals surface area contributed by atoms with Crippen LogP contribution in [-0.4, -0.2) is 36.1 Å². The summed E-state index contributed by atoms with van der Waals surface area (Å²) in [6.45, 7) is 4.87. The average Bonchev–Trinajstić information content (AvgIpc) is 3.41. The third kappa shape index (κ3) is 3.54. The number of rotatable bonds is 5. The van der Waals surface area contributed by atoms with Crippen LogP contribution in [0.5, 0.6) is 0 Å². The fourth-order valence-corrected chi connectivity index (χ4v) is 5.41. The lowest BCUT2D eigenvalue weighted by molar-refractivity contribution is -0.129. The Morgan fingerprint density at radius 3 is 2.73 bits per heavy atom. The lowest BCUT2D eigenvalue weighted by atomic mass is 9.67. The van der Waals surface area contributed by atoms with Crippen molar-refractivity contribution in [3.8, 4) is 0 Å². The van der Waals surface area contributed by atoms with E-state index >= 15 is 0 Å². The van der Waals surface area contributed by atoms with Crippen LogP contribution >= 0.6 is 0 Å². The van der Waals surface area contributed by atoms with Gasteiger partial charge in [-0.3, -0.25) is 14.8 Å². The van der Waals surface area contributed by atoms with Crippen molar-refractivity contribution in [1.82, 2.24) is 10.3 Å². The maximum absolute atomic E-state index is 13.6. The van der Waals surface area contributed by atoms with Gasteiger partial charge in [-0.25, -0.2) is 0 Å². The van der Waals surface area contributed by atoms with Crippen molar-refractivity contribution in [2.45, 2.75) is 38.5 Å². The quantitative estimate of drug-likeness (QED) is 0.814. The molecule has 1 aromatic carbocycles. The van der Waals surface area contributed by atoms with Crippen molar-refractivity contribution in [3.05, 3.63) is 77.1 Å². The first-order chi connectivity index (χ1) is 14.6. The number of allylic oxidation sites excluding steroid dienone is 1. The third-order valence-corrected chi connectivity index (χ3v) is 7.33. The predicted octanol–water partition coefficient (Wildman–Crippen LogP) is 4.33. The number of nitrogens with zero attached hydrogens (tertiary/aromatic N) is 2. The molecule has 3 heterocycles. The fourth-order valence-electron chi connectivity index (χ4n) is 5.41. The van der Waals surface area contributed by atoms with Gasteiger partial charge in [0, 0.05) is 42.3 Å². The minimum absolute atomic E-state index is 0.291. The molecule has 3 aliphatic rings. The Morgan fingerprint density at radius 1 is 1.13 bits per heavy atom. The van der Waals surface area contributed by atoms with E-state index in [4.69, 9.17) is 4.99 Å². The number of aliphatic imine (C=N–C) groups is 1. The van der Waals surface area contributed by atoms with Crippen LogP contribution in [0.4, 0.5) is 0 Å². The van der Waals surface area contributed by atoms with Crippen LogP contribution in [0.2, 0.25) is 0 Å². The second-order valence-corrected chi connectivity index (χ2v) is 9.28. The van der Waals surface area contributed by atoms with Crippen LogP contribution in [0.1, 0.15) is 49.7 Å². The Labute approximate surface area is 178 Å². The van der Waals surface area contributed by atoms with Gasteiger partial charge < -0.3 is 5.32 Å². The second kappa shape index (κ2) is 7.92. The molecule has 4 nitrogen and oxygen atoms in total. The van der Waals surface area contributed by atoms with Gasteiger partial charge in [-0.15, -0.1) is 0 Å². The standard InChI is InChI=1S/C26H29N3O/c1-26(24(30)13-21-15-28-17-23(21)18-5-3-2-4-6-18)10-7-20-16-29-25(22(20)14-26)19-8-11-27-12-9-19/h2-6,8-9,11-12,21,23,28H,7,10,13-17H2,1H3/t21-,23+,26?/m0/s1. The van der Waals surface area contributed by atoms with Gasteiger partial charge in [0.1, 0.15) is 5.78 Å². The number of ketones is 1. The zero-order chi connectivity index (χ0) is 20.6. The molecule has 154 valence electrons. The van der Waals surface area contributed by atoms with Gasteiger partial charge in [0.25, 0.3) is 0 Å². The maximum atomic E-state index is 13.6. The molecule has 1 fully saturated rings. The monoisotopic (exact) mass is 399 g/mol. The Balaban J connectivity index is 1.32. The van der Waals surface area contributed by atoms with Crippen LogP contribution in [0.3, 0.4) is 0 Å². The summed E-state index contributed by atoms with van der Waals surface area (Å²) < 4.78 is 0. The number of nitrogens with one attached hydrogen (secondary N) is 1. The van der Waals surface area contributed by atoms with Crippen LogP contribution < -0.4 is 5.32 Å². The molecule has 3 atom stereocenters. The molecule has 1 saturated heterocycles. The largest absolute Gasteiger partial charge is 0.316 e. The predicted molar refractivity (Wildman–Crippen MR) is 120 cm³/mol. The number of benzene rings is 1. The van der Waals surface area contributed by atoms with Crippen molar-refractivity contribution in [3.63, 3.8) is 0 Å². The van der Waals surface area contributed by atoms with Crippen LogP contribution in [0.25, 0.3) is 0 Å². The zero-order valence-corrected chi connectivity index (χ0v) is 17.6. The van der Waals surface area contributed by atoms with Crippen LogP contribution in [0, 0.1) is 11.3 Å². The Morgan fingerprint density at radius 2 is 1.93 bits per heavy atom. The first-order valence-corrected chi connectivity index (χ1v) is 11.1. The Kier molecular flexibility index (Phi) is 5.11. The summed E-state index contributed by atoms with van der Waals surface area (Å²) in [4.78, 5) is 22.5. The van der Waals surface area contributed by atoms with Crippen LogP contribution in [-0.2, 0) is 4.79 Å². The number of carbonyl (C=O) groups is 1. The van der Waals surface area contributed by atoms with Gasteiger partial charge in [0.15, 0.2) is 0 Å². The van der Waals surface area contributed by atoms with E-state index in [2.05, 4.69) is 47.6 Å². The van der Waals surface area contributed by atoms with Crippen molar-refractivity contribution in [2.24, 2.45) is 16.3 Å². The highest BCUT2D eigenvalue weighted by atomic mass is 16.1. The number of aromatic nitrogens is 1. The highest BCUT2D eigenvalue weighted by molar-refractivity contribution is 6.15. The third-order valence-electron chi connectivity index (χ3n) is 7.33. The molecule has 1 aromatic heterocycles. The molecule has 4 heteroatoms. The average molecular weight is 400 g/mol. The Hall–Kier alpha value is -2.59. The smallest absolute Gasteiger partial charge is 0.139 e. The molecule has 30 heavy (non-hydrogen) atoms. The highest BCUT2D eigenvalue weighted by Gasteiger charge is 2.42. The van der Waals surface area contributed by atoms with Crippen molar-refractivity contribution in [1.29, 1.82) is 0 Å². The SMILES string of the molecule is CC1(C(=O)C[C@H]2CNC[C@@H]2c2ccccc2)CCC2=C(C1)C(c1ccncc1)=NC2. The zero-order valence-electron chi connectivity index (χ0n) is 17.6. The molecule has 5 rings (SSSR count). The van der Waals surface area contributed by atoms with E-state index in [1.165, 1.54) is 16.7 Å². The summed E-state index contributed by atoms with van der Waals surface area (Å²) in [6.07, 6.45) is 7.05. The number of Topliss-reactive ketones (excluding diaryl/α,β-unsaturated/α-hetero) is 1. The molecule has 0 bridgehead atoms. The minimum Gasteiger partial charge on any atom is -0.316 e. The molecular weight excluding hydrogens is 370 g/mol. The summed E-state index contributed by atoms with van der Waals surface area (Å²) in [5.41, 5.74) is 6.00. The molecule has 2 aliphatic heterocycles. The Bertz CT molecular complexity index is 995. The number of pyridine rings is 1. The normalized spacial score (nSPS) is 28.4. The second-order valence-electron chi connectivity index (χ2n) is 9.28. The van der Waals surface area contributed by atoms with E-state index in [0.717, 1.165) is 50.2 Å². The summed E-state index contributed by atoms with van der Waals surface area (Å²) >= 11 is 0. The van der Waals surface area contributed by atoms with E-state index in [-0.39, 0.29) is 5.41 Å². The molecule has 0 saturated carbocycles. The molecule has 1 aliphatic carbocycles. The van der Waals surface area contributed by atoms with Gasteiger partial charge >= 0.3 is 0 Å². The first-order valence-electron chi connectivity index (χ1n) is 11.1. The summed E-state index contributed by atoms with van der Waals surface area (Å²) in [7, 11) is 0. The number of hydrogen-bond acceptors (Lipinski definition) is 4. The molecule has 0 spiro atoms. The van der Waals surface area contributed by atoms with E-state index in [1.54, 1.807) is 0 Å². The molecule has 1 N–H and O–H groups in total. The lowest BCUT2D eigenvalue weighted by Gasteiger charge is -2.35. The first kappa shape index (κ1) is 19.4. The van der Waals surface area contributed by atoms with Crippen molar-refractivity contribution >= 4 is 11.5 Å². The van der Waals surface area contributed by atoms with Gasteiger partial charge in [-0.1, -0.05) is 37.3 Å². The van der Waals surface area contributed by atoms with E-state index in [0.29, 0.717) is 24.0 Å². The highest BCUT2D eigenvalue weighted by Crippen LogP contribution is 2.45. The lowest BCUT2D eigenvalue weighted by Crippen LogP contribution is -2.34. The topological polar surface area (TPSA) is 54.4 Å². The summed E-state index contributed by atoms with van der Waals surface area (Å²) in [5.74, 6) is 1.23. The fraction of sp³-hybridized carbons (Fsp3) is 0.423. The summed E-state index contributed by atoms with van der Waals surface area (Å²) in [5, 5.41) is 3.52.